The third-order valence-corrected chi connectivity index (χ3v) is 8.34. The molecule has 0 aromatic heterocycles. The molecule has 0 fully saturated rings. The molecule has 0 saturated carbocycles. The predicted octanol–water partition coefficient (Wildman–Crippen LogP) is 6.10. The van der Waals surface area contributed by atoms with Gasteiger partial charge in [-0.1, -0.05) is 52.6 Å². The monoisotopic (exact) mass is 704 g/mol. The summed E-state index contributed by atoms with van der Waals surface area (Å²) in [5.41, 5.74) is 1.33. The second-order valence-corrected chi connectivity index (χ2v) is 13.7. The van der Waals surface area contributed by atoms with Crippen LogP contribution in [0.3, 0.4) is 0 Å². The number of sulfone groups is 1. The average molecular weight is 706 g/mol. The Bertz CT molecular complexity index is 1190. The molecule has 0 aliphatic rings. The maximum absolute atomic E-state index is 11.8. The number of carbonyl (C=O) groups excluding carboxylic acids is 2. The molecule has 0 bridgehead atoms. The van der Waals surface area contributed by atoms with Gasteiger partial charge in [-0.2, -0.15) is 0 Å². The standard InChI is InChI=1S/C15H23BrN2O3S.C12H15BrN2O3/c1-11(2)10-14(22(3,20)21)8-9-17-15(19)18-13-6-4-12(16)5-7-13;1-2-8(11(16)17)7-14-12(18)15-10-5-3-9(13)4-6-10/h4-7,11,14H,8-10H2,1-3H3,(H2,17,18,19);3-6,8H,2,7H2,1H3,(H,16,17)(H2,14,15,18). The number of amides is 4. The molecule has 0 heterocycles. The average Bonchev–Trinajstić information content (AvgIpc) is 2.86. The summed E-state index contributed by atoms with van der Waals surface area (Å²) in [6, 6.07) is 13.6. The molecule has 2 aromatic carbocycles. The van der Waals surface area contributed by atoms with E-state index in [0.29, 0.717) is 43.1 Å². The van der Waals surface area contributed by atoms with E-state index in [-0.39, 0.29) is 12.6 Å². The molecule has 222 valence electrons. The van der Waals surface area contributed by atoms with Crippen LogP contribution in [-0.4, -0.2) is 56.2 Å². The van der Waals surface area contributed by atoms with Crippen molar-refractivity contribution < 1.29 is 27.9 Å². The highest BCUT2D eigenvalue weighted by Gasteiger charge is 2.21. The fourth-order valence-electron chi connectivity index (χ4n) is 3.42. The van der Waals surface area contributed by atoms with E-state index in [1.54, 1.807) is 31.2 Å². The summed E-state index contributed by atoms with van der Waals surface area (Å²) < 4.78 is 25.3. The van der Waals surface area contributed by atoms with Crippen LogP contribution >= 0.6 is 31.9 Å². The summed E-state index contributed by atoms with van der Waals surface area (Å²) in [4.78, 5) is 34.0. The number of nitrogens with one attached hydrogen (secondary N) is 4. The Morgan fingerprint density at radius 2 is 1.30 bits per heavy atom. The molecule has 0 aliphatic heterocycles. The molecule has 0 aliphatic carbocycles. The van der Waals surface area contributed by atoms with Crippen LogP contribution in [0.25, 0.3) is 0 Å². The van der Waals surface area contributed by atoms with Crippen molar-refractivity contribution in [2.24, 2.45) is 11.8 Å². The molecule has 40 heavy (non-hydrogen) atoms. The van der Waals surface area contributed by atoms with E-state index in [1.165, 1.54) is 6.26 Å². The molecule has 2 atom stereocenters. The number of hydrogen-bond acceptors (Lipinski definition) is 5. The minimum absolute atomic E-state index is 0.119. The van der Waals surface area contributed by atoms with Gasteiger partial charge in [-0.15, -0.1) is 0 Å². The number of benzene rings is 2. The smallest absolute Gasteiger partial charge is 0.319 e. The number of aliphatic carboxylic acids is 1. The molecule has 2 unspecified atom stereocenters. The first-order chi connectivity index (χ1) is 18.7. The zero-order chi connectivity index (χ0) is 30.3. The van der Waals surface area contributed by atoms with E-state index < -0.39 is 33.0 Å². The number of carbonyl (C=O) groups is 3. The van der Waals surface area contributed by atoms with Crippen molar-refractivity contribution in [3.05, 3.63) is 57.5 Å². The molecule has 2 rings (SSSR count). The number of carboxylic acid groups (broad SMARTS) is 1. The van der Waals surface area contributed by atoms with Crippen LogP contribution in [0.2, 0.25) is 0 Å². The van der Waals surface area contributed by atoms with Gasteiger partial charge in [-0.25, -0.2) is 18.0 Å². The molecule has 4 amide bonds. The Morgan fingerprint density at radius 1 is 0.850 bits per heavy atom. The van der Waals surface area contributed by atoms with Crippen molar-refractivity contribution in [2.75, 3.05) is 30.0 Å². The van der Waals surface area contributed by atoms with Crippen LogP contribution in [0.1, 0.15) is 40.0 Å². The van der Waals surface area contributed by atoms with Crippen LogP contribution in [0.5, 0.6) is 0 Å². The van der Waals surface area contributed by atoms with E-state index in [0.717, 1.165) is 8.95 Å². The van der Waals surface area contributed by atoms with Crippen LogP contribution in [-0.2, 0) is 14.6 Å². The molecule has 13 heteroatoms. The van der Waals surface area contributed by atoms with Gasteiger partial charge >= 0.3 is 18.0 Å². The minimum Gasteiger partial charge on any atom is -0.481 e. The lowest BCUT2D eigenvalue weighted by Gasteiger charge is -2.17. The Hall–Kier alpha value is -2.64. The quantitative estimate of drug-likeness (QED) is 0.180. The van der Waals surface area contributed by atoms with Crippen molar-refractivity contribution in [2.45, 2.75) is 45.3 Å². The van der Waals surface area contributed by atoms with Crippen molar-refractivity contribution in [1.29, 1.82) is 0 Å². The Labute approximate surface area is 253 Å². The summed E-state index contributed by atoms with van der Waals surface area (Å²) in [6.45, 7) is 6.20. The highest BCUT2D eigenvalue weighted by atomic mass is 79.9. The van der Waals surface area contributed by atoms with Crippen LogP contribution in [0, 0.1) is 11.8 Å². The second kappa shape index (κ2) is 17.9. The Morgan fingerprint density at radius 3 is 1.68 bits per heavy atom. The fraction of sp³-hybridized carbons (Fsp3) is 0.444. The predicted molar refractivity (Wildman–Crippen MR) is 166 cm³/mol. The van der Waals surface area contributed by atoms with E-state index in [9.17, 15) is 22.8 Å². The highest BCUT2D eigenvalue weighted by Crippen LogP contribution is 2.16. The zero-order valence-electron chi connectivity index (χ0n) is 23.0. The zero-order valence-corrected chi connectivity index (χ0v) is 27.0. The Balaban J connectivity index is 0.000000408. The van der Waals surface area contributed by atoms with E-state index in [2.05, 4.69) is 53.1 Å². The second-order valence-electron chi connectivity index (χ2n) is 9.54. The molecular weight excluding hydrogens is 668 g/mol. The number of halogens is 2. The van der Waals surface area contributed by atoms with Crippen LogP contribution < -0.4 is 21.3 Å². The normalized spacial score (nSPS) is 12.4. The first-order valence-electron chi connectivity index (χ1n) is 12.7. The summed E-state index contributed by atoms with van der Waals surface area (Å²) in [7, 11) is -3.10. The number of anilines is 2. The largest absolute Gasteiger partial charge is 0.481 e. The van der Waals surface area contributed by atoms with Crippen LogP contribution in [0.15, 0.2) is 57.5 Å². The Kier molecular flexibility index (Phi) is 15.9. The highest BCUT2D eigenvalue weighted by molar-refractivity contribution is 9.10. The lowest BCUT2D eigenvalue weighted by Crippen LogP contribution is -2.35. The first kappa shape index (κ1) is 35.4. The lowest BCUT2D eigenvalue weighted by atomic mass is 10.1. The maximum Gasteiger partial charge on any atom is 0.319 e. The number of rotatable bonds is 12. The minimum atomic E-state index is -3.10. The molecule has 10 nitrogen and oxygen atoms in total. The van der Waals surface area contributed by atoms with Gasteiger partial charge in [0.25, 0.3) is 0 Å². The van der Waals surface area contributed by atoms with Gasteiger partial charge in [-0.3, -0.25) is 4.79 Å². The molecule has 0 saturated heterocycles. The van der Waals surface area contributed by atoms with Crippen molar-refractivity contribution in [3.63, 3.8) is 0 Å². The summed E-state index contributed by atoms with van der Waals surface area (Å²) in [6.07, 6.45) is 2.76. The van der Waals surface area contributed by atoms with Gasteiger partial charge in [0.1, 0.15) is 9.84 Å². The van der Waals surface area contributed by atoms with Gasteiger partial charge in [-0.05, 0) is 73.7 Å². The summed E-state index contributed by atoms with van der Waals surface area (Å²) >= 11 is 6.62. The number of urea groups is 2. The summed E-state index contributed by atoms with van der Waals surface area (Å²) in [5, 5.41) is 19.0. The fourth-order valence-corrected chi connectivity index (χ4v) is 5.23. The van der Waals surface area contributed by atoms with Crippen molar-refractivity contribution in [3.8, 4) is 0 Å². The molecule has 0 radical (unpaired) electrons. The molecular formula is C27H38Br2N4O6S. The first-order valence-corrected chi connectivity index (χ1v) is 16.3. The number of carboxylic acids is 1. The van der Waals surface area contributed by atoms with Crippen molar-refractivity contribution in [1.82, 2.24) is 10.6 Å². The van der Waals surface area contributed by atoms with E-state index in [1.807, 2.05) is 38.1 Å². The molecule has 0 spiro atoms. The van der Waals surface area contributed by atoms with E-state index >= 15 is 0 Å². The third-order valence-electron chi connectivity index (χ3n) is 5.65. The number of hydrogen-bond donors (Lipinski definition) is 5. The van der Waals surface area contributed by atoms with Gasteiger partial charge in [0.15, 0.2) is 0 Å². The van der Waals surface area contributed by atoms with E-state index in [4.69, 9.17) is 5.11 Å². The lowest BCUT2D eigenvalue weighted by molar-refractivity contribution is -0.141. The van der Waals surface area contributed by atoms with Crippen molar-refractivity contribution >= 4 is 71.1 Å². The van der Waals surface area contributed by atoms with Crippen LogP contribution in [0.4, 0.5) is 21.0 Å². The third kappa shape index (κ3) is 15.2. The maximum atomic E-state index is 11.8. The molecule has 5 N–H and O–H groups in total. The van der Waals surface area contributed by atoms with Gasteiger partial charge in [0.05, 0.1) is 11.2 Å². The SMILES string of the molecule is CC(C)CC(CCNC(=O)Nc1ccc(Br)cc1)S(C)(=O)=O.CCC(CNC(=O)Nc1ccc(Br)cc1)C(=O)O. The summed E-state index contributed by atoms with van der Waals surface area (Å²) in [5.74, 6) is -1.15. The van der Waals surface area contributed by atoms with Gasteiger partial charge < -0.3 is 26.4 Å². The topological polar surface area (TPSA) is 154 Å². The van der Waals surface area contributed by atoms with Gasteiger partial charge in [0.2, 0.25) is 0 Å². The molecule has 2 aromatic rings. The van der Waals surface area contributed by atoms with Gasteiger partial charge in [0, 0.05) is 39.7 Å².